The Hall–Kier alpha value is -2.79. The van der Waals surface area contributed by atoms with Crippen LogP contribution in [-0.2, 0) is 0 Å². The molecule has 0 bridgehead atoms. The van der Waals surface area contributed by atoms with E-state index < -0.39 is 0 Å². The van der Waals surface area contributed by atoms with Crippen LogP contribution in [0.1, 0.15) is 11.7 Å². The zero-order valence-corrected chi connectivity index (χ0v) is 12.1. The Morgan fingerprint density at radius 1 is 0.955 bits per heavy atom. The van der Waals surface area contributed by atoms with Crippen LogP contribution in [0.2, 0.25) is 0 Å². The molecule has 0 fully saturated rings. The van der Waals surface area contributed by atoms with Gasteiger partial charge in [-0.05, 0) is 24.3 Å². The average Bonchev–Trinajstić information content (AvgIpc) is 3.07. The number of hydrogen-bond donors (Lipinski definition) is 2. The molecular formula is C17H17N5. The molecule has 1 atom stereocenters. The quantitative estimate of drug-likeness (QED) is 0.762. The van der Waals surface area contributed by atoms with Gasteiger partial charge in [-0.15, -0.1) is 0 Å². The molecule has 0 amide bonds. The van der Waals surface area contributed by atoms with E-state index in [0.717, 1.165) is 22.8 Å². The molecule has 2 aromatic carbocycles. The first-order valence-corrected chi connectivity index (χ1v) is 7.28. The predicted molar refractivity (Wildman–Crippen MR) is 87.9 cm³/mol. The maximum atomic E-state index is 6.45. The SMILES string of the molecule is NC1c2cn[nH]c2N(c2ccccc2)CN1c1ccccc1. The van der Waals surface area contributed by atoms with Crippen LogP contribution in [0.3, 0.4) is 0 Å². The van der Waals surface area contributed by atoms with E-state index in [1.807, 2.05) is 42.6 Å². The lowest BCUT2D eigenvalue weighted by molar-refractivity contribution is 0.617. The molecule has 3 N–H and O–H groups in total. The van der Waals surface area contributed by atoms with Crippen LogP contribution in [0.5, 0.6) is 0 Å². The highest BCUT2D eigenvalue weighted by Gasteiger charge is 2.31. The smallest absolute Gasteiger partial charge is 0.136 e. The molecule has 0 radical (unpaired) electrons. The fourth-order valence-corrected chi connectivity index (χ4v) is 2.88. The first-order chi connectivity index (χ1) is 10.8. The molecule has 1 unspecified atom stereocenters. The van der Waals surface area contributed by atoms with Gasteiger partial charge in [0, 0.05) is 11.4 Å². The zero-order valence-electron chi connectivity index (χ0n) is 12.1. The van der Waals surface area contributed by atoms with Gasteiger partial charge in [-0.25, -0.2) is 0 Å². The minimum atomic E-state index is -0.212. The number of nitrogens with one attached hydrogen (secondary N) is 1. The van der Waals surface area contributed by atoms with Crippen LogP contribution in [0.4, 0.5) is 17.2 Å². The topological polar surface area (TPSA) is 61.2 Å². The molecular weight excluding hydrogens is 274 g/mol. The fraction of sp³-hybridized carbons (Fsp3) is 0.118. The molecule has 5 heteroatoms. The second kappa shape index (κ2) is 5.20. The van der Waals surface area contributed by atoms with Gasteiger partial charge in [-0.3, -0.25) is 5.10 Å². The summed E-state index contributed by atoms with van der Waals surface area (Å²) in [7, 11) is 0. The van der Waals surface area contributed by atoms with Gasteiger partial charge in [0.2, 0.25) is 0 Å². The Morgan fingerprint density at radius 2 is 1.59 bits per heavy atom. The van der Waals surface area contributed by atoms with Crippen molar-refractivity contribution in [1.82, 2.24) is 10.2 Å². The highest BCUT2D eigenvalue weighted by molar-refractivity contribution is 5.68. The van der Waals surface area contributed by atoms with Crippen molar-refractivity contribution in [3.05, 3.63) is 72.4 Å². The van der Waals surface area contributed by atoms with Crippen LogP contribution in [0.25, 0.3) is 0 Å². The van der Waals surface area contributed by atoms with Crippen molar-refractivity contribution in [3.63, 3.8) is 0 Å². The number of hydrogen-bond acceptors (Lipinski definition) is 4. The summed E-state index contributed by atoms with van der Waals surface area (Å²) in [5.74, 6) is 0.964. The van der Waals surface area contributed by atoms with E-state index in [1.165, 1.54) is 0 Å². The summed E-state index contributed by atoms with van der Waals surface area (Å²) in [6, 6.07) is 20.5. The Kier molecular flexibility index (Phi) is 3.05. The van der Waals surface area contributed by atoms with E-state index >= 15 is 0 Å². The average molecular weight is 291 g/mol. The molecule has 1 aliphatic heterocycles. The summed E-state index contributed by atoms with van der Waals surface area (Å²) < 4.78 is 0. The predicted octanol–water partition coefficient (Wildman–Crippen LogP) is 2.98. The van der Waals surface area contributed by atoms with E-state index in [9.17, 15) is 0 Å². The molecule has 5 nitrogen and oxygen atoms in total. The lowest BCUT2D eigenvalue weighted by Crippen LogP contribution is -2.46. The standard InChI is InChI=1S/C17H17N5/c18-16-15-11-19-20-17(15)22(14-9-5-2-6-10-14)12-21(16)13-7-3-1-4-8-13/h1-11,16H,12,18H2,(H,19,20). The normalized spacial score (nSPS) is 17.4. The van der Waals surface area contributed by atoms with Crippen molar-refractivity contribution in [3.8, 4) is 0 Å². The summed E-state index contributed by atoms with van der Waals surface area (Å²) in [5, 5.41) is 7.26. The Morgan fingerprint density at radius 3 is 2.27 bits per heavy atom. The minimum Gasteiger partial charge on any atom is -0.334 e. The van der Waals surface area contributed by atoms with Crippen LogP contribution in [0, 0.1) is 0 Å². The van der Waals surface area contributed by atoms with E-state index in [2.05, 4.69) is 44.3 Å². The largest absolute Gasteiger partial charge is 0.334 e. The molecule has 0 spiro atoms. The van der Waals surface area contributed by atoms with Crippen molar-refractivity contribution >= 4 is 17.2 Å². The van der Waals surface area contributed by atoms with Crippen molar-refractivity contribution in [2.45, 2.75) is 6.17 Å². The Labute approximate surface area is 129 Å². The third kappa shape index (κ3) is 2.03. The van der Waals surface area contributed by atoms with Crippen LogP contribution < -0.4 is 15.5 Å². The maximum Gasteiger partial charge on any atom is 0.136 e. The lowest BCUT2D eigenvalue weighted by atomic mass is 10.1. The molecule has 22 heavy (non-hydrogen) atoms. The zero-order chi connectivity index (χ0) is 14.9. The third-order valence-electron chi connectivity index (χ3n) is 4.02. The van der Waals surface area contributed by atoms with Gasteiger partial charge < -0.3 is 15.5 Å². The number of nitrogens with zero attached hydrogens (tertiary/aromatic N) is 3. The van der Waals surface area contributed by atoms with Gasteiger partial charge in [0.25, 0.3) is 0 Å². The second-order valence-corrected chi connectivity index (χ2v) is 5.33. The Balaban J connectivity index is 1.79. The van der Waals surface area contributed by atoms with Crippen LogP contribution in [-0.4, -0.2) is 16.9 Å². The Bertz CT molecular complexity index is 753. The summed E-state index contributed by atoms with van der Waals surface area (Å²) >= 11 is 0. The number of H-pyrrole nitrogens is 1. The molecule has 3 aromatic rings. The van der Waals surface area contributed by atoms with Crippen LogP contribution in [0.15, 0.2) is 66.9 Å². The number of benzene rings is 2. The molecule has 110 valence electrons. The second-order valence-electron chi connectivity index (χ2n) is 5.33. The number of anilines is 3. The third-order valence-corrected chi connectivity index (χ3v) is 4.02. The molecule has 0 saturated heterocycles. The number of fused-ring (bicyclic) bond motifs is 1. The molecule has 0 aliphatic carbocycles. The van der Waals surface area contributed by atoms with Gasteiger partial charge in [0.15, 0.2) is 0 Å². The first-order valence-electron chi connectivity index (χ1n) is 7.28. The van der Waals surface area contributed by atoms with Gasteiger partial charge in [0.1, 0.15) is 12.0 Å². The highest BCUT2D eigenvalue weighted by atomic mass is 15.4. The number of aromatic amines is 1. The van der Waals surface area contributed by atoms with Gasteiger partial charge in [-0.1, -0.05) is 36.4 Å². The van der Waals surface area contributed by atoms with E-state index in [4.69, 9.17) is 5.73 Å². The summed E-state index contributed by atoms with van der Waals surface area (Å²) in [6.45, 7) is 0.671. The first kappa shape index (κ1) is 12.9. The van der Waals surface area contributed by atoms with Gasteiger partial charge in [0.05, 0.1) is 18.4 Å². The lowest BCUT2D eigenvalue weighted by Gasteiger charge is -2.41. The van der Waals surface area contributed by atoms with Gasteiger partial charge >= 0.3 is 0 Å². The van der Waals surface area contributed by atoms with Crippen LogP contribution >= 0.6 is 0 Å². The highest BCUT2D eigenvalue weighted by Crippen LogP contribution is 2.37. The molecule has 1 aromatic heterocycles. The summed E-state index contributed by atoms with van der Waals surface area (Å²) in [4.78, 5) is 4.36. The van der Waals surface area contributed by atoms with Crippen molar-refractivity contribution in [2.75, 3.05) is 16.5 Å². The molecule has 0 saturated carbocycles. The summed E-state index contributed by atoms with van der Waals surface area (Å²) in [5.41, 5.74) is 9.66. The number of aromatic nitrogens is 2. The van der Waals surface area contributed by atoms with Crippen molar-refractivity contribution in [1.29, 1.82) is 0 Å². The molecule has 4 rings (SSSR count). The van der Waals surface area contributed by atoms with E-state index in [-0.39, 0.29) is 6.17 Å². The minimum absolute atomic E-state index is 0.212. The molecule has 2 heterocycles. The van der Waals surface area contributed by atoms with E-state index in [0.29, 0.717) is 6.67 Å². The van der Waals surface area contributed by atoms with Crippen molar-refractivity contribution in [2.24, 2.45) is 5.73 Å². The molecule has 1 aliphatic rings. The van der Waals surface area contributed by atoms with Gasteiger partial charge in [-0.2, -0.15) is 5.10 Å². The number of nitrogens with two attached hydrogens (primary N) is 1. The van der Waals surface area contributed by atoms with E-state index in [1.54, 1.807) is 0 Å². The number of para-hydroxylation sites is 2. The fourth-order valence-electron chi connectivity index (χ4n) is 2.88. The monoisotopic (exact) mass is 291 g/mol. The maximum absolute atomic E-state index is 6.45. The summed E-state index contributed by atoms with van der Waals surface area (Å²) in [6.07, 6.45) is 1.60. The van der Waals surface area contributed by atoms with Crippen molar-refractivity contribution < 1.29 is 0 Å². The number of rotatable bonds is 2.